The average molecular weight is 742 g/mol. The maximum atomic E-state index is 2.68. The van der Waals surface area contributed by atoms with Crippen LogP contribution < -0.4 is 4.90 Å². The van der Waals surface area contributed by atoms with Gasteiger partial charge in [-0.25, -0.2) is 0 Å². The molecule has 3 unspecified atom stereocenters. The van der Waals surface area contributed by atoms with Crippen molar-refractivity contribution in [3.05, 3.63) is 179 Å². The third-order valence-corrected chi connectivity index (χ3v) is 15.2. The third kappa shape index (κ3) is 4.66. The lowest BCUT2D eigenvalue weighted by molar-refractivity contribution is 0.361. The van der Waals surface area contributed by atoms with Gasteiger partial charge in [0.2, 0.25) is 0 Å². The van der Waals surface area contributed by atoms with E-state index in [-0.39, 0.29) is 16.4 Å². The molecule has 3 aliphatic carbocycles. The monoisotopic (exact) mass is 741 g/mol. The van der Waals surface area contributed by atoms with Crippen LogP contribution in [0.2, 0.25) is 0 Å². The van der Waals surface area contributed by atoms with Crippen LogP contribution in [0, 0.1) is 5.92 Å². The summed E-state index contributed by atoms with van der Waals surface area (Å²) in [5, 5.41) is 5.28. The number of anilines is 2. The molecule has 0 amide bonds. The van der Waals surface area contributed by atoms with Gasteiger partial charge < -0.3 is 4.90 Å². The van der Waals surface area contributed by atoms with Crippen LogP contribution in [0.3, 0.4) is 0 Å². The van der Waals surface area contributed by atoms with Gasteiger partial charge in [0, 0.05) is 59.2 Å². The molecular formula is C54H47NS. The second kappa shape index (κ2) is 11.8. The van der Waals surface area contributed by atoms with Crippen molar-refractivity contribution in [3.8, 4) is 22.3 Å². The van der Waals surface area contributed by atoms with Crippen LogP contribution in [-0.4, -0.2) is 5.54 Å². The van der Waals surface area contributed by atoms with Gasteiger partial charge in [0.15, 0.2) is 0 Å². The number of hydrogen-bond acceptors (Lipinski definition) is 2. The quantitative estimate of drug-likeness (QED) is 0.162. The fraction of sp³-hybridized carbons (Fsp3) is 0.222. The predicted octanol–water partition coefficient (Wildman–Crippen LogP) is 15.1. The van der Waals surface area contributed by atoms with E-state index in [2.05, 4.69) is 198 Å². The first-order chi connectivity index (χ1) is 27.0. The van der Waals surface area contributed by atoms with Crippen LogP contribution in [0.1, 0.15) is 81.7 Å². The summed E-state index contributed by atoms with van der Waals surface area (Å²) in [4.78, 5) is 2.68. The smallest absolute Gasteiger partial charge is 0.0608 e. The number of benzene rings is 7. The highest BCUT2D eigenvalue weighted by atomic mass is 32.1. The van der Waals surface area contributed by atoms with Crippen LogP contribution >= 0.6 is 11.3 Å². The summed E-state index contributed by atoms with van der Waals surface area (Å²) in [6.45, 7) is 14.5. The van der Waals surface area contributed by atoms with Crippen molar-refractivity contribution in [2.75, 3.05) is 4.90 Å². The second-order valence-corrected chi connectivity index (χ2v) is 19.1. The minimum atomic E-state index is -0.263. The van der Waals surface area contributed by atoms with Gasteiger partial charge in [0.05, 0.1) is 5.54 Å². The topological polar surface area (TPSA) is 3.24 Å². The van der Waals surface area contributed by atoms with E-state index in [0.717, 1.165) is 6.42 Å². The molecule has 0 aliphatic heterocycles. The van der Waals surface area contributed by atoms with Crippen molar-refractivity contribution in [3.63, 3.8) is 0 Å². The summed E-state index contributed by atoms with van der Waals surface area (Å²) in [6.07, 6.45) is 6.11. The molecule has 3 atom stereocenters. The van der Waals surface area contributed by atoms with Gasteiger partial charge in [-0.1, -0.05) is 162 Å². The molecular weight excluding hydrogens is 695 g/mol. The Morgan fingerprint density at radius 3 is 2.12 bits per heavy atom. The van der Waals surface area contributed by atoms with Crippen molar-refractivity contribution < 1.29 is 0 Å². The Morgan fingerprint density at radius 2 is 1.27 bits per heavy atom. The van der Waals surface area contributed by atoms with Crippen LogP contribution in [0.5, 0.6) is 0 Å². The Labute approximate surface area is 335 Å². The van der Waals surface area contributed by atoms with E-state index in [0.29, 0.717) is 11.8 Å². The fourth-order valence-electron chi connectivity index (χ4n) is 11.1. The Kier molecular flexibility index (Phi) is 7.13. The van der Waals surface area contributed by atoms with Crippen molar-refractivity contribution in [1.29, 1.82) is 0 Å². The first kappa shape index (κ1) is 33.9. The number of nitrogens with zero attached hydrogens (tertiary/aromatic N) is 1. The number of hydrogen-bond donors (Lipinski definition) is 0. The molecule has 1 aromatic heterocycles. The maximum Gasteiger partial charge on any atom is 0.0608 e. The molecule has 8 aromatic rings. The SMILES string of the molecule is CC1CC(C)(N(c2ccc3c(c2)-c2c(ccc4c2sc2ccccc24)C3(C)C)c2cccc3ccccc23)C=CC1c1ccc2c(c1)C(C)(C)c1ccccc1-2. The molecule has 2 heteroatoms. The van der Waals surface area contributed by atoms with Gasteiger partial charge in [-0.3, -0.25) is 0 Å². The number of rotatable bonds is 4. The van der Waals surface area contributed by atoms with Crippen molar-refractivity contribution >= 4 is 53.7 Å². The summed E-state index contributed by atoms with van der Waals surface area (Å²) in [5.74, 6) is 0.774. The highest BCUT2D eigenvalue weighted by Crippen LogP contribution is 2.56. The van der Waals surface area contributed by atoms with Crippen LogP contribution in [-0.2, 0) is 10.8 Å². The molecule has 11 rings (SSSR count). The zero-order valence-corrected chi connectivity index (χ0v) is 34.0. The van der Waals surface area contributed by atoms with E-state index in [1.165, 1.54) is 92.4 Å². The van der Waals surface area contributed by atoms with E-state index in [9.17, 15) is 0 Å². The number of thiophene rings is 1. The van der Waals surface area contributed by atoms with E-state index in [1.54, 1.807) is 0 Å². The molecule has 1 nitrogen and oxygen atoms in total. The number of allylic oxidation sites excluding steroid dienone is 1. The van der Waals surface area contributed by atoms with Gasteiger partial charge in [0.1, 0.15) is 0 Å². The van der Waals surface area contributed by atoms with E-state index >= 15 is 0 Å². The lowest BCUT2D eigenvalue weighted by Gasteiger charge is -2.47. The molecule has 56 heavy (non-hydrogen) atoms. The van der Waals surface area contributed by atoms with Crippen molar-refractivity contribution in [2.45, 2.75) is 70.3 Å². The zero-order valence-electron chi connectivity index (χ0n) is 33.2. The molecule has 1 heterocycles. The Balaban J connectivity index is 1.07. The highest BCUT2D eigenvalue weighted by Gasteiger charge is 2.42. The van der Waals surface area contributed by atoms with Gasteiger partial charge in [-0.15, -0.1) is 11.3 Å². The number of fused-ring (bicyclic) bond motifs is 11. The third-order valence-electron chi connectivity index (χ3n) is 13.9. The lowest BCUT2D eigenvalue weighted by atomic mass is 9.72. The standard InChI is InChI=1S/C54H47NS/c1-33-32-54(6,29-28-37(33)35-22-24-40-39-17-9-11-19-44(39)53(4,5)47(40)30-35)55(48-20-13-15-34-14-7-8-16-38(34)48)36-23-26-45-43(31-36)50-46(52(45,2)3)27-25-42-41-18-10-12-21-49(41)56-51(42)50/h7-31,33,37H,32H2,1-6H3. The molecule has 0 radical (unpaired) electrons. The molecule has 0 spiro atoms. The Bertz CT molecular complexity index is 2950. The van der Waals surface area contributed by atoms with Gasteiger partial charge in [-0.05, 0) is 93.4 Å². The first-order valence-electron chi connectivity index (χ1n) is 20.4. The van der Waals surface area contributed by atoms with Crippen LogP contribution in [0.25, 0.3) is 53.2 Å². The Morgan fingerprint density at radius 1 is 0.571 bits per heavy atom. The molecule has 0 bridgehead atoms. The minimum Gasteiger partial charge on any atom is -0.331 e. The van der Waals surface area contributed by atoms with Gasteiger partial charge in [0.25, 0.3) is 0 Å². The van der Waals surface area contributed by atoms with Crippen LogP contribution in [0.4, 0.5) is 11.4 Å². The van der Waals surface area contributed by atoms with Crippen LogP contribution in [0.15, 0.2) is 152 Å². The van der Waals surface area contributed by atoms with Gasteiger partial charge in [-0.2, -0.15) is 0 Å². The summed E-state index contributed by atoms with van der Waals surface area (Å²) in [5.41, 5.74) is 14.9. The van der Waals surface area contributed by atoms with Gasteiger partial charge >= 0.3 is 0 Å². The lowest BCUT2D eigenvalue weighted by Crippen LogP contribution is -2.45. The highest BCUT2D eigenvalue weighted by molar-refractivity contribution is 7.26. The molecule has 0 N–H and O–H groups in total. The van der Waals surface area contributed by atoms with Crippen molar-refractivity contribution in [2.24, 2.45) is 5.92 Å². The normalized spacial score (nSPS) is 21.2. The molecule has 0 saturated heterocycles. The molecule has 3 aliphatic rings. The van der Waals surface area contributed by atoms with E-state index in [4.69, 9.17) is 0 Å². The summed E-state index contributed by atoms with van der Waals surface area (Å²) in [6, 6.07) is 53.1. The average Bonchev–Trinajstić information content (AvgIpc) is 3.77. The minimum absolute atomic E-state index is 0.00853. The molecule has 274 valence electrons. The maximum absolute atomic E-state index is 2.68. The second-order valence-electron chi connectivity index (χ2n) is 18.1. The largest absolute Gasteiger partial charge is 0.331 e. The summed E-state index contributed by atoms with van der Waals surface area (Å²) in [7, 11) is 0. The van der Waals surface area contributed by atoms with Crippen molar-refractivity contribution in [1.82, 2.24) is 0 Å². The molecule has 7 aromatic carbocycles. The first-order valence-corrected chi connectivity index (χ1v) is 21.2. The van der Waals surface area contributed by atoms with E-state index in [1.807, 2.05) is 11.3 Å². The predicted molar refractivity (Wildman–Crippen MR) is 241 cm³/mol. The summed E-state index contributed by atoms with van der Waals surface area (Å²) >= 11 is 1.95. The molecule has 0 saturated carbocycles. The fourth-order valence-corrected chi connectivity index (χ4v) is 12.4. The Hall–Kier alpha value is -5.44. The van der Waals surface area contributed by atoms with E-state index < -0.39 is 0 Å². The zero-order chi connectivity index (χ0) is 38.1. The molecule has 0 fully saturated rings. The summed E-state index contributed by atoms with van der Waals surface area (Å²) < 4.78 is 2.76.